The molecule has 2 nitrogen and oxygen atoms in total. The van der Waals surface area contributed by atoms with E-state index in [1.807, 2.05) is 0 Å². The molecule has 86 valence electrons. The second-order valence-corrected chi connectivity index (χ2v) is 0.990. The van der Waals surface area contributed by atoms with Crippen molar-refractivity contribution in [2.75, 3.05) is 0 Å². The van der Waals surface area contributed by atoms with E-state index in [2.05, 4.69) is 13.1 Å². The molecule has 0 aromatic rings. The Balaban J connectivity index is -0.0000000318. The minimum atomic E-state index is -6.00. The average molecular weight is 236 g/mol. The molecule has 0 fully saturated rings. The van der Waals surface area contributed by atoms with Gasteiger partial charge in [0, 0.05) is 13.1 Å². The van der Waals surface area contributed by atoms with Crippen LogP contribution in [0.4, 0.5) is 34.5 Å². The Morgan fingerprint density at radius 3 is 0.533 bits per heavy atom. The van der Waals surface area contributed by atoms with Crippen molar-refractivity contribution in [3.05, 3.63) is 0 Å². The van der Waals surface area contributed by atoms with Crippen molar-refractivity contribution in [2.24, 2.45) is 0 Å². The van der Waals surface area contributed by atoms with Gasteiger partial charge in [-0.3, -0.25) is 0 Å². The van der Waals surface area contributed by atoms with E-state index in [9.17, 15) is 34.5 Å². The Morgan fingerprint density at radius 2 is 0.533 bits per heavy atom. The third-order valence-corrected chi connectivity index (χ3v) is 0. The fraction of sp³-hybridized carbons (Fsp3) is 0. The van der Waals surface area contributed by atoms with Gasteiger partial charge in [0.15, 0.2) is 0 Å². The summed E-state index contributed by atoms with van der Waals surface area (Å²) in [6, 6.07) is 0. The molecule has 0 radical (unpaired) electrons. The first-order valence-electron chi connectivity index (χ1n) is 2.26. The zero-order chi connectivity index (χ0) is 13.0. The molecule has 0 heterocycles. The van der Waals surface area contributed by atoms with Gasteiger partial charge < -0.3 is 34.5 Å². The van der Waals surface area contributed by atoms with E-state index in [-0.39, 0.29) is 18.9 Å². The third-order valence-electron chi connectivity index (χ3n) is 0. The van der Waals surface area contributed by atoms with E-state index >= 15 is 0 Å². The van der Waals surface area contributed by atoms with Crippen LogP contribution in [0.25, 0.3) is 0 Å². The van der Waals surface area contributed by atoms with Crippen molar-refractivity contribution in [1.82, 2.24) is 0 Å². The van der Waals surface area contributed by atoms with Crippen molar-refractivity contribution >= 4 is 33.4 Å². The number of halogens is 8. The van der Waals surface area contributed by atoms with Gasteiger partial charge in [-0.15, -0.1) is 0 Å². The van der Waals surface area contributed by atoms with Crippen LogP contribution in [0.1, 0.15) is 0 Å². The molecule has 0 unspecified atom stereocenters. The normalized spacial score (nSPS) is 8.27. The van der Waals surface area contributed by atoms with Crippen LogP contribution in [-0.2, 0) is 0 Å². The molecule has 0 aliphatic heterocycles. The summed E-state index contributed by atoms with van der Waals surface area (Å²) in [7, 11) is -12.0. The van der Waals surface area contributed by atoms with Crippen molar-refractivity contribution in [3.8, 4) is 13.1 Å². The van der Waals surface area contributed by atoms with Gasteiger partial charge in [0.25, 0.3) is 0 Å². The molecule has 13 heteroatoms. The van der Waals surface area contributed by atoms with Crippen molar-refractivity contribution in [2.45, 2.75) is 0 Å². The summed E-state index contributed by atoms with van der Waals surface area (Å²) in [5.74, 6) is 0. The molecule has 15 heavy (non-hydrogen) atoms. The van der Waals surface area contributed by atoms with Gasteiger partial charge >= 0.3 is 33.4 Å². The fourth-order valence-electron chi connectivity index (χ4n) is 0. The Bertz CT molecular complexity index is 120. The topological polar surface area (TPSA) is 47.6 Å². The number of hydrogen-bond donors (Lipinski definition) is 0. The summed E-state index contributed by atoms with van der Waals surface area (Å²) in [6.07, 6.45) is 0. The minimum absolute atomic E-state index is 0. The zero-order valence-electron chi connectivity index (χ0n) is 6.23. The van der Waals surface area contributed by atoms with Crippen LogP contribution in [0, 0.1) is 23.7 Å². The first kappa shape index (κ1) is 29.2. The van der Waals surface area contributed by atoms with Crippen LogP contribution in [-0.4, -0.2) is 33.4 Å². The molecular weight excluding hydrogens is 233 g/mol. The number of rotatable bonds is 0. The molecule has 0 atom stereocenters. The maximum atomic E-state index is 9.75. The van der Waals surface area contributed by atoms with Gasteiger partial charge in [0.2, 0.25) is 0 Å². The standard InChI is InChI=1S/2CHN.2BF4.Li.H/c2*1-2;2*2-1(3,4)5;;/h2*1H;;;;/q;;2*-1;;. The van der Waals surface area contributed by atoms with Crippen LogP contribution in [0.3, 0.4) is 0 Å². The van der Waals surface area contributed by atoms with Gasteiger partial charge in [0.05, 0.1) is 0 Å². The van der Waals surface area contributed by atoms with Crippen LogP contribution >= 0.6 is 0 Å². The molecule has 0 saturated heterocycles. The van der Waals surface area contributed by atoms with Gasteiger partial charge in [0.1, 0.15) is 0 Å². The molecule has 0 amide bonds. The molecular formula is C2H3B2F8LiN2-2. The second-order valence-electron chi connectivity index (χ2n) is 0.990. The number of hydrogen-bond acceptors (Lipinski definition) is 2. The summed E-state index contributed by atoms with van der Waals surface area (Å²) < 4.78 is 78.0. The Labute approximate surface area is 92.2 Å². The summed E-state index contributed by atoms with van der Waals surface area (Å²) in [4.78, 5) is 0. The molecule has 0 bridgehead atoms. The summed E-state index contributed by atoms with van der Waals surface area (Å²) in [5, 5.41) is 13.0. The fourth-order valence-corrected chi connectivity index (χ4v) is 0. The van der Waals surface area contributed by atoms with Crippen LogP contribution in [0.5, 0.6) is 0 Å². The Morgan fingerprint density at radius 1 is 0.533 bits per heavy atom. The summed E-state index contributed by atoms with van der Waals surface area (Å²) in [6.45, 7) is 7.00. The number of nitriles is 2. The van der Waals surface area contributed by atoms with Crippen LogP contribution < -0.4 is 0 Å². The quantitative estimate of drug-likeness (QED) is 0.477. The van der Waals surface area contributed by atoms with E-state index in [0.29, 0.717) is 0 Å². The summed E-state index contributed by atoms with van der Waals surface area (Å²) in [5.41, 5.74) is 0. The first-order valence-corrected chi connectivity index (χ1v) is 2.26. The zero-order valence-corrected chi connectivity index (χ0v) is 6.23. The van der Waals surface area contributed by atoms with E-state index in [1.54, 1.807) is 0 Å². The van der Waals surface area contributed by atoms with E-state index in [0.717, 1.165) is 0 Å². The average Bonchev–Trinajstić information content (AvgIpc) is 1.88. The predicted octanol–water partition coefficient (Wildman–Crippen LogP) is 2.23. The van der Waals surface area contributed by atoms with Crippen molar-refractivity contribution < 1.29 is 34.5 Å². The van der Waals surface area contributed by atoms with Crippen molar-refractivity contribution in [1.29, 1.82) is 10.5 Å². The molecule has 0 aromatic heterocycles. The van der Waals surface area contributed by atoms with Gasteiger partial charge in [-0.05, 0) is 0 Å². The van der Waals surface area contributed by atoms with Gasteiger partial charge in [-0.25, -0.2) is 10.5 Å². The Hall–Kier alpha value is -0.853. The van der Waals surface area contributed by atoms with Gasteiger partial charge in [-0.2, -0.15) is 0 Å². The molecule has 0 rings (SSSR count). The van der Waals surface area contributed by atoms with Crippen LogP contribution in [0.2, 0.25) is 0 Å². The van der Waals surface area contributed by atoms with Gasteiger partial charge in [-0.1, -0.05) is 0 Å². The Kier molecular flexibility index (Phi) is 30.4. The van der Waals surface area contributed by atoms with Crippen LogP contribution in [0.15, 0.2) is 0 Å². The maximum absolute atomic E-state index is 9.75. The monoisotopic (exact) mass is 236 g/mol. The van der Waals surface area contributed by atoms with E-state index in [4.69, 9.17) is 10.5 Å². The predicted molar refractivity (Wildman–Crippen MR) is 40.9 cm³/mol. The molecule has 0 N–H and O–H groups in total. The van der Waals surface area contributed by atoms with E-state index < -0.39 is 14.5 Å². The SMILES string of the molecule is C#N.C#N.F[B-](F)(F)F.F[B-](F)(F)F.[LiH]. The van der Waals surface area contributed by atoms with E-state index in [1.165, 1.54) is 0 Å². The summed E-state index contributed by atoms with van der Waals surface area (Å²) >= 11 is 0. The molecule has 0 aromatic carbocycles. The second kappa shape index (κ2) is 15.6. The first-order chi connectivity index (χ1) is 6.00. The third kappa shape index (κ3) is 2250. The number of nitrogens with zero attached hydrogens (tertiary/aromatic N) is 2. The van der Waals surface area contributed by atoms with Crippen molar-refractivity contribution in [3.63, 3.8) is 0 Å². The molecule has 0 aliphatic rings. The molecule has 0 spiro atoms. The molecule has 0 saturated carbocycles. The molecule has 0 aliphatic carbocycles.